The van der Waals surface area contributed by atoms with Crippen molar-refractivity contribution >= 4 is 22.8 Å². The number of amides is 1. The highest BCUT2D eigenvalue weighted by Gasteiger charge is 2.23. The molecule has 0 aliphatic rings. The van der Waals surface area contributed by atoms with Crippen LogP contribution in [0.15, 0.2) is 30.5 Å². The minimum Gasteiger partial charge on any atom is -0.494 e. The number of carbonyl (C=O) groups excluding carboxylic acids is 1. The summed E-state index contributed by atoms with van der Waals surface area (Å²) < 4.78 is 5.21. The number of nitrogens with zero attached hydrogens (tertiary/aromatic N) is 1. The van der Waals surface area contributed by atoms with Crippen LogP contribution in [-0.2, 0) is 4.79 Å². The lowest BCUT2D eigenvalue weighted by Crippen LogP contribution is -2.40. The van der Waals surface area contributed by atoms with Crippen molar-refractivity contribution in [1.29, 1.82) is 0 Å². The molecule has 0 radical (unpaired) electrons. The minimum atomic E-state index is -1.05. The normalized spacial score (nSPS) is 11.9. The number of fused-ring (bicyclic) bond motifs is 1. The van der Waals surface area contributed by atoms with Crippen LogP contribution in [0.2, 0.25) is 0 Å². The zero-order valence-electron chi connectivity index (χ0n) is 12.5. The smallest absolute Gasteiger partial charge is 0.326 e. The van der Waals surface area contributed by atoms with E-state index in [9.17, 15) is 14.7 Å². The number of hydrogen-bond donors (Lipinski definition) is 2. The van der Waals surface area contributed by atoms with Crippen LogP contribution in [0, 0.1) is 0 Å². The average Bonchev–Trinajstić information content (AvgIpc) is 2.52. The van der Waals surface area contributed by atoms with Gasteiger partial charge in [-0.2, -0.15) is 0 Å². The number of para-hydroxylation sites is 1. The lowest BCUT2D eigenvalue weighted by atomic mass is 10.1. The third kappa shape index (κ3) is 3.16. The molecule has 0 saturated heterocycles. The fourth-order valence-electron chi connectivity index (χ4n) is 2.29. The van der Waals surface area contributed by atoms with E-state index in [-0.39, 0.29) is 0 Å². The van der Waals surface area contributed by atoms with Gasteiger partial charge in [0.1, 0.15) is 6.04 Å². The first kappa shape index (κ1) is 15.8. The van der Waals surface area contributed by atoms with Gasteiger partial charge in [0.25, 0.3) is 5.91 Å². The Morgan fingerprint density at radius 2 is 2.09 bits per heavy atom. The number of pyridine rings is 1. The van der Waals surface area contributed by atoms with Crippen molar-refractivity contribution < 1.29 is 19.4 Å². The van der Waals surface area contributed by atoms with Gasteiger partial charge in [-0.05, 0) is 12.5 Å². The van der Waals surface area contributed by atoms with Crippen molar-refractivity contribution in [3.8, 4) is 5.75 Å². The Balaban J connectivity index is 2.43. The Labute approximate surface area is 128 Å². The molecule has 0 aliphatic carbocycles. The van der Waals surface area contributed by atoms with Crippen molar-refractivity contribution in [3.63, 3.8) is 0 Å². The molecule has 1 aromatic heterocycles. The molecule has 0 saturated carbocycles. The Morgan fingerprint density at radius 1 is 1.36 bits per heavy atom. The summed E-state index contributed by atoms with van der Waals surface area (Å²) in [6.07, 6.45) is 2.49. The SMILES string of the molecule is CCCC(NC(=O)c1c(OC)cnc2ccccc12)C(=O)O. The molecule has 0 spiro atoms. The molecule has 2 N–H and O–H groups in total. The highest BCUT2D eigenvalue weighted by Crippen LogP contribution is 2.26. The predicted molar refractivity (Wildman–Crippen MR) is 82.1 cm³/mol. The monoisotopic (exact) mass is 302 g/mol. The van der Waals surface area contributed by atoms with Crippen LogP contribution in [0.3, 0.4) is 0 Å². The van der Waals surface area contributed by atoms with E-state index in [0.29, 0.717) is 35.1 Å². The third-order valence-corrected chi connectivity index (χ3v) is 3.37. The van der Waals surface area contributed by atoms with Gasteiger partial charge in [-0.1, -0.05) is 31.5 Å². The summed E-state index contributed by atoms with van der Waals surface area (Å²) in [5, 5.41) is 12.4. The van der Waals surface area contributed by atoms with E-state index in [1.54, 1.807) is 18.2 Å². The number of aliphatic carboxylic acids is 1. The van der Waals surface area contributed by atoms with Gasteiger partial charge in [-0.25, -0.2) is 4.79 Å². The average molecular weight is 302 g/mol. The third-order valence-electron chi connectivity index (χ3n) is 3.37. The molecule has 116 valence electrons. The van der Waals surface area contributed by atoms with Gasteiger partial charge >= 0.3 is 5.97 Å². The first-order valence-corrected chi connectivity index (χ1v) is 7.03. The summed E-state index contributed by atoms with van der Waals surface area (Å²) >= 11 is 0. The number of ether oxygens (including phenoxy) is 1. The predicted octanol–water partition coefficient (Wildman–Crippen LogP) is 2.23. The Hall–Kier alpha value is -2.63. The maximum atomic E-state index is 12.5. The molecule has 0 bridgehead atoms. The van der Waals surface area contributed by atoms with Crippen LogP contribution in [-0.4, -0.2) is 35.1 Å². The van der Waals surface area contributed by atoms with Gasteiger partial charge in [-0.15, -0.1) is 0 Å². The topological polar surface area (TPSA) is 88.5 Å². The number of carboxylic acids is 1. The van der Waals surface area contributed by atoms with E-state index >= 15 is 0 Å². The van der Waals surface area contributed by atoms with E-state index < -0.39 is 17.9 Å². The van der Waals surface area contributed by atoms with Gasteiger partial charge < -0.3 is 15.2 Å². The fraction of sp³-hybridized carbons (Fsp3) is 0.312. The molecule has 1 heterocycles. The molecular formula is C16H18N2O4. The van der Waals surface area contributed by atoms with Gasteiger partial charge in [0.05, 0.1) is 24.4 Å². The van der Waals surface area contributed by atoms with Gasteiger partial charge in [0, 0.05) is 5.39 Å². The van der Waals surface area contributed by atoms with E-state index in [1.165, 1.54) is 13.3 Å². The number of aromatic nitrogens is 1. The van der Waals surface area contributed by atoms with Crippen LogP contribution in [0.25, 0.3) is 10.9 Å². The van der Waals surface area contributed by atoms with Crippen LogP contribution < -0.4 is 10.1 Å². The summed E-state index contributed by atoms with van der Waals surface area (Å²) in [7, 11) is 1.45. The zero-order chi connectivity index (χ0) is 16.1. The second kappa shape index (κ2) is 6.89. The molecule has 1 unspecified atom stereocenters. The van der Waals surface area contributed by atoms with Crippen LogP contribution >= 0.6 is 0 Å². The van der Waals surface area contributed by atoms with Crippen LogP contribution in [0.4, 0.5) is 0 Å². The Morgan fingerprint density at radius 3 is 2.73 bits per heavy atom. The summed E-state index contributed by atoms with van der Waals surface area (Å²) in [6, 6.07) is 6.23. The Kier molecular flexibility index (Phi) is 4.93. The van der Waals surface area contributed by atoms with E-state index in [2.05, 4.69) is 10.3 Å². The van der Waals surface area contributed by atoms with Gasteiger partial charge in [0.2, 0.25) is 0 Å². The van der Waals surface area contributed by atoms with E-state index in [0.717, 1.165) is 0 Å². The zero-order valence-corrected chi connectivity index (χ0v) is 12.5. The molecule has 6 nitrogen and oxygen atoms in total. The van der Waals surface area contributed by atoms with Gasteiger partial charge in [0.15, 0.2) is 5.75 Å². The van der Waals surface area contributed by atoms with Crippen LogP contribution in [0.1, 0.15) is 30.1 Å². The molecule has 22 heavy (non-hydrogen) atoms. The molecule has 1 aromatic carbocycles. The molecule has 0 fully saturated rings. The van der Waals surface area contributed by atoms with E-state index in [4.69, 9.17) is 4.74 Å². The van der Waals surface area contributed by atoms with Crippen LogP contribution in [0.5, 0.6) is 5.75 Å². The molecule has 2 rings (SSSR count). The first-order chi connectivity index (χ1) is 10.6. The van der Waals surface area contributed by atoms with Crippen molar-refractivity contribution in [3.05, 3.63) is 36.0 Å². The molecule has 6 heteroatoms. The lowest BCUT2D eigenvalue weighted by Gasteiger charge is -2.16. The minimum absolute atomic E-state index is 0.301. The first-order valence-electron chi connectivity index (χ1n) is 7.03. The number of carboxylic acid groups (broad SMARTS) is 1. The standard InChI is InChI=1S/C16H18N2O4/c1-3-6-12(16(20)21)18-15(19)14-10-7-4-5-8-11(10)17-9-13(14)22-2/h4-5,7-9,12H,3,6H2,1-2H3,(H,18,19)(H,20,21). The fourth-order valence-corrected chi connectivity index (χ4v) is 2.29. The van der Waals surface area contributed by atoms with Crippen molar-refractivity contribution in [2.75, 3.05) is 7.11 Å². The number of nitrogens with one attached hydrogen (secondary N) is 1. The maximum Gasteiger partial charge on any atom is 0.326 e. The highest BCUT2D eigenvalue weighted by atomic mass is 16.5. The highest BCUT2D eigenvalue weighted by molar-refractivity contribution is 6.09. The molecule has 1 atom stereocenters. The number of rotatable bonds is 6. The van der Waals surface area contributed by atoms with Crippen molar-refractivity contribution in [2.45, 2.75) is 25.8 Å². The summed E-state index contributed by atoms with van der Waals surface area (Å²) in [5.41, 5.74) is 0.950. The Bertz CT molecular complexity index is 700. The summed E-state index contributed by atoms with van der Waals surface area (Å²) in [5.74, 6) is -1.21. The quantitative estimate of drug-likeness (QED) is 0.854. The largest absolute Gasteiger partial charge is 0.494 e. The number of carbonyl (C=O) groups is 2. The molecule has 2 aromatic rings. The summed E-state index contributed by atoms with van der Waals surface area (Å²) in [6.45, 7) is 1.87. The number of methoxy groups -OCH3 is 1. The molecular weight excluding hydrogens is 284 g/mol. The number of benzene rings is 1. The number of hydrogen-bond acceptors (Lipinski definition) is 4. The second-order valence-corrected chi connectivity index (χ2v) is 4.87. The van der Waals surface area contributed by atoms with E-state index in [1.807, 2.05) is 13.0 Å². The van der Waals surface area contributed by atoms with Gasteiger partial charge in [-0.3, -0.25) is 9.78 Å². The van der Waals surface area contributed by atoms with Crippen molar-refractivity contribution in [2.24, 2.45) is 0 Å². The molecule has 1 amide bonds. The van der Waals surface area contributed by atoms with Crippen molar-refractivity contribution in [1.82, 2.24) is 10.3 Å². The molecule has 0 aliphatic heterocycles. The summed E-state index contributed by atoms with van der Waals surface area (Å²) in [4.78, 5) is 28.0. The second-order valence-electron chi connectivity index (χ2n) is 4.87. The lowest BCUT2D eigenvalue weighted by molar-refractivity contribution is -0.139. The maximum absolute atomic E-state index is 12.5.